The Morgan fingerprint density at radius 2 is 1.13 bits per heavy atom. The Bertz CT molecular complexity index is 1030. The molecule has 54 heavy (non-hydrogen) atoms. The van der Waals surface area contributed by atoms with Crippen LogP contribution in [0.25, 0.3) is 0 Å². The first-order valence-corrected chi connectivity index (χ1v) is 22.4. The van der Waals surface area contributed by atoms with E-state index in [1.165, 1.54) is 89.5 Å². The van der Waals surface area contributed by atoms with Gasteiger partial charge in [0.15, 0.2) is 0 Å². The fraction of sp³-hybridized carbons (Fsp3) is 0.875. The van der Waals surface area contributed by atoms with Crippen LogP contribution in [0, 0.1) is 0 Å². The number of carbonyl (C=O) groups excluding carboxylic acids is 1. The molecule has 8 unspecified atom stereocenters. The van der Waals surface area contributed by atoms with E-state index in [0.29, 0.717) is 12.8 Å². The highest BCUT2D eigenvalue weighted by Gasteiger charge is 2.51. The van der Waals surface area contributed by atoms with Crippen LogP contribution in [0.3, 0.4) is 0 Å². The number of amides is 1. The minimum absolute atomic E-state index is 0.256. The first-order chi connectivity index (χ1) is 25.8. The molecule has 1 saturated carbocycles. The summed E-state index contributed by atoms with van der Waals surface area (Å²) in [6, 6.07) is -1.18. The number of hydrogen-bond donors (Lipinski definition) is 9. The molecule has 318 valence electrons. The number of carbonyl (C=O) groups is 1. The largest absolute Gasteiger partial charge is 0.472 e. The second-order valence-corrected chi connectivity index (χ2v) is 16.4. The highest BCUT2D eigenvalue weighted by Crippen LogP contribution is 2.47. The van der Waals surface area contributed by atoms with Gasteiger partial charge in [0, 0.05) is 0 Å². The molecular formula is C40H76NO12P. The van der Waals surface area contributed by atoms with Crippen molar-refractivity contribution in [2.75, 3.05) is 6.61 Å². The molecule has 1 aliphatic carbocycles. The number of rotatable bonds is 33. The fourth-order valence-corrected chi connectivity index (χ4v) is 7.56. The van der Waals surface area contributed by atoms with Gasteiger partial charge in [-0.1, -0.05) is 154 Å². The maximum atomic E-state index is 12.9. The fourth-order valence-electron chi connectivity index (χ4n) is 6.60. The van der Waals surface area contributed by atoms with Crippen molar-refractivity contribution < 1.29 is 59.0 Å². The number of phosphoric acid groups is 1. The van der Waals surface area contributed by atoms with Crippen LogP contribution < -0.4 is 5.32 Å². The molecule has 9 N–H and O–H groups in total. The van der Waals surface area contributed by atoms with Crippen molar-refractivity contribution in [1.82, 2.24) is 5.32 Å². The molecule has 8 atom stereocenters. The highest BCUT2D eigenvalue weighted by molar-refractivity contribution is 7.47. The first kappa shape index (κ1) is 50.8. The van der Waals surface area contributed by atoms with Gasteiger partial charge in [0.2, 0.25) is 5.91 Å². The third kappa shape index (κ3) is 23.1. The van der Waals surface area contributed by atoms with Gasteiger partial charge >= 0.3 is 7.82 Å². The number of hydrogen-bond acceptors (Lipinski definition) is 11. The van der Waals surface area contributed by atoms with Gasteiger partial charge in [0.25, 0.3) is 0 Å². The average Bonchev–Trinajstić information content (AvgIpc) is 3.14. The van der Waals surface area contributed by atoms with Gasteiger partial charge in [0.1, 0.15) is 36.6 Å². The molecule has 0 aromatic carbocycles. The van der Waals surface area contributed by atoms with Gasteiger partial charge in [-0.25, -0.2) is 4.57 Å². The van der Waals surface area contributed by atoms with E-state index in [-0.39, 0.29) is 12.8 Å². The SMILES string of the molecule is CCCCCCCC/C=C\C/C=C\C(O)CC(=O)NC(COP(=O)(O)OC1C(O)C(O)C(O)C(O)C1O)C(O)CCCCCCCCCCCCCCC. The molecule has 13 nitrogen and oxygen atoms in total. The predicted octanol–water partition coefficient (Wildman–Crippen LogP) is 5.64. The molecular weight excluding hydrogens is 717 g/mol. The zero-order valence-electron chi connectivity index (χ0n) is 33.1. The third-order valence-electron chi connectivity index (χ3n) is 10.1. The van der Waals surface area contributed by atoms with Gasteiger partial charge in [0.05, 0.1) is 31.3 Å². The molecule has 0 heterocycles. The van der Waals surface area contributed by atoms with E-state index in [1.54, 1.807) is 6.08 Å². The summed E-state index contributed by atoms with van der Waals surface area (Å²) in [7, 11) is -5.12. The van der Waals surface area contributed by atoms with E-state index in [9.17, 15) is 50.0 Å². The smallest absolute Gasteiger partial charge is 0.391 e. The van der Waals surface area contributed by atoms with Crippen molar-refractivity contribution >= 4 is 13.7 Å². The lowest BCUT2D eigenvalue weighted by molar-refractivity contribution is -0.220. The summed E-state index contributed by atoms with van der Waals surface area (Å²) < 4.78 is 22.8. The maximum Gasteiger partial charge on any atom is 0.472 e. The summed E-state index contributed by atoms with van der Waals surface area (Å²) in [5.74, 6) is -0.629. The Morgan fingerprint density at radius 3 is 1.65 bits per heavy atom. The molecule has 14 heteroatoms. The van der Waals surface area contributed by atoms with E-state index in [1.807, 2.05) is 6.08 Å². The normalized spacial score (nSPS) is 24.9. The van der Waals surface area contributed by atoms with Crippen LogP contribution in [-0.4, -0.2) is 108 Å². The summed E-state index contributed by atoms with van der Waals surface area (Å²) in [6.07, 6.45) is 17.0. The Balaban J connectivity index is 2.65. The van der Waals surface area contributed by atoms with Crippen LogP contribution >= 0.6 is 7.82 Å². The lowest BCUT2D eigenvalue weighted by atomic mass is 9.85. The van der Waals surface area contributed by atoms with Crippen molar-refractivity contribution in [2.24, 2.45) is 0 Å². The summed E-state index contributed by atoms with van der Waals surface area (Å²) in [5.41, 5.74) is 0. The van der Waals surface area contributed by atoms with Crippen molar-refractivity contribution in [1.29, 1.82) is 0 Å². The minimum Gasteiger partial charge on any atom is -0.391 e. The number of allylic oxidation sites excluding steroid dienone is 3. The van der Waals surface area contributed by atoms with Crippen LogP contribution in [0.1, 0.15) is 162 Å². The topological polar surface area (TPSA) is 226 Å². The van der Waals surface area contributed by atoms with E-state index in [2.05, 4.69) is 25.2 Å². The molecule has 1 rings (SSSR count). The average molecular weight is 794 g/mol. The van der Waals surface area contributed by atoms with Crippen molar-refractivity contribution in [3.63, 3.8) is 0 Å². The Kier molecular flexibility index (Phi) is 29.0. The Morgan fingerprint density at radius 1 is 0.667 bits per heavy atom. The monoisotopic (exact) mass is 794 g/mol. The Hall–Kier alpha value is -1.22. The molecule has 0 bridgehead atoms. The van der Waals surface area contributed by atoms with Crippen molar-refractivity contribution in [3.8, 4) is 0 Å². The molecule has 0 saturated heterocycles. The summed E-state index contributed by atoms with van der Waals surface area (Å²) >= 11 is 0. The van der Waals surface area contributed by atoms with Gasteiger partial charge in [-0.2, -0.15) is 0 Å². The number of aliphatic hydroxyl groups excluding tert-OH is 7. The van der Waals surface area contributed by atoms with Gasteiger partial charge in [-0.3, -0.25) is 13.8 Å². The van der Waals surface area contributed by atoms with Crippen molar-refractivity contribution in [2.45, 2.75) is 216 Å². The maximum absolute atomic E-state index is 12.9. The van der Waals surface area contributed by atoms with Crippen LogP contribution in [0.5, 0.6) is 0 Å². The van der Waals surface area contributed by atoms with Crippen molar-refractivity contribution in [3.05, 3.63) is 24.3 Å². The lowest BCUT2D eigenvalue weighted by Crippen LogP contribution is -2.64. The molecule has 0 aromatic heterocycles. The third-order valence-corrected chi connectivity index (χ3v) is 11.1. The Labute approximate surface area is 324 Å². The lowest BCUT2D eigenvalue weighted by Gasteiger charge is -2.41. The molecule has 0 spiro atoms. The number of aliphatic hydroxyl groups is 7. The summed E-state index contributed by atoms with van der Waals surface area (Å²) in [4.78, 5) is 23.3. The van der Waals surface area contributed by atoms with Gasteiger partial charge in [-0.05, 0) is 25.7 Å². The molecule has 1 fully saturated rings. The number of phosphoric ester groups is 1. The van der Waals surface area contributed by atoms with Crippen LogP contribution in [0.4, 0.5) is 0 Å². The van der Waals surface area contributed by atoms with E-state index >= 15 is 0 Å². The van der Waals surface area contributed by atoms with Crippen LogP contribution in [0.15, 0.2) is 24.3 Å². The molecule has 0 aliphatic heterocycles. The van der Waals surface area contributed by atoms with Gasteiger partial charge in [-0.15, -0.1) is 0 Å². The van der Waals surface area contributed by atoms with E-state index in [0.717, 1.165) is 38.5 Å². The number of unbranched alkanes of at least 4 members (excludes halogenated alkanes) is 18. The zero-order chi connectivity index (χ0) is 40.2. The second-order valence-electron chi connectivity index (χ2n) is 15.0. The van der Waals surface area contributed by atoms with Crippen LogP contribution in [-0.2, 0) is 18.4 Å². The minimum atomic E-state index is -5.12. The zero-order valence-corrected chi connectivity index (χ0v) is 34.0. The molecule has 0 radical (unpaired) electrons. The summed E-state index contributed by atoms with van der Waals surface area (Å²) in [5, 5.41) is 74.1. The molecule has 1 amide bonds. The highest BCUT2D eigenvalue weighted by atomic mass is 31.2. The predicted molar refractivity (Wildman–Crippen MR) is 210 cm³/mol. The molecule has 1 aliphatic rings. The summed E-state index contributed by atoms with van der Waals surface area (Å²) in [6.45, 7) is 3.71. The number of nitrogens with one attached hydrogen (secondary N) is 1. The van der Waals surface area contributed by atoms with E-state index in [4.69, 9.17) is 9.05 Å². The van der Waals surface area contributed by atoms with Crippen LogP contribution in [0.2, 0.25) is 0 Å². The van der Waals surface area contributed by atoms with E-state index < -0.39 is 75.2 Å². The second kappa shape index (κ2) is 30.9. The standard InChI is InChI=1S/C40H76NO12P/c1-3-5-7-9-11-13-15-16-18-20-22-24-26-28-33(43)32(30-52-54(50,51)53-40-38(48)36(46)35(45)37(47)39(40)49)41-34(44)29-31(42)27-25-23-21-19-17-14-12-10-8-6-4-2/h19,21,25,27,31-33,35-40,42-43,45-49H,3-18,20,22-24,26,28-30H2,1-2H3,(H,41,44)(H,50,51)/b21-19-,27-25-. The quantitative estimate of drug-likeness (QED) is 0.0224. The van der Waals surface area contributed by atoms with Gasteiger partial charge < -0.3 is 46.0 Å². The first-order valence-electron chi connectivity index (χ1n) is 20.9. The molecule has 0 aromatic rings.